The highest BCUT2D eigenvalue weighted by Crippen LogP contribution is 2.27. The van der Waals surface area contributed by atoms with Gasteiger partial charge in [-0.05, 0) is 56.5 Å². The number of rotatable bonds is 5. The first kappa shape index (κ1) is 19.9. The van der Waals surface area contributed by atoms with E-state index < -0.39 is 10.0 Å². The average Bonchev–Trinajstić information content (AvgIpc) is 2.48. The van der Waals surface area contributed by atoms with E-state index in [0.29, 0.717) is 23.9 Å². The van der Waals surface area contributed by atoms with Gasteiger partial charge in [0.1, 0.15) is 0 Å². The first-order chi connectivity index (χ1) is 9.95. The quantitative estimate of drug-likeness (QED) is 0.809. The Kier molecular flexibility index (Phi) is 7.82. The molecule has 1 aliphatic rings. The van der Waals surface area contributed by atoms with Gasteiger partial charge in [-0.3, -0.25) is 0 Å². The van der Waals surface area contributed by atoms with Gasteiger partial charge in [-0.15, -0.1) is 12.4 Å². The fourth-order valence-corrected chi connectivity index (χ4v) is 4.93. The van der Waals surface area contributed by atoms with Gasteiger partial charge >= 0.3 is 0 Å². The fraction of sp³-hybridized carbons (Fsp3) is 0.600. The van der Waals surface area contributed by atoms with Crippen LogP contribution in [0.25, 0.3) is 0 Å². The molecule has 0 spiro atoms. The van der Waals surface area contributed by atoms with Crippen molar-refractivity contribution in [2.45, 2.75) is 31.6 Å². The Labute approximate surface area is 148 Å². The zero-order valence-electron chi connectivity index (χ0n) is 13.0. The van der Waals surface area contributed by atoms with Gasteiger partial charge in [-0.2, -0.15) is 4.31 Å². The number of aryl methyl sites for hydroxylation is 1. The van der Waals surface area contributed by atoms with E-state index in [0.717, 1.165) is 36.0 Å². The van der Waals surface area contributed by atoms with Gasteiger partial charge in [0.2, 0.25) is 10.0 Å². The average molecular weight is 412 g/mol. The summed E-state index contributed by atoms with van der Waals surface area (Å²) in [5, 5.41) is 3.35. The van der Waals surface area contributed by atoms with Gasteiger partial charge in [-0.25, -0.2) is 8.42 Å². The van der Waals surface area contributed by atoms with Crippen molar-refractivity contribution in [1.29, 1.82) is 0 Å². The molecule has 1 aromatic rings. The molecule has 0 atom stereocenters. The van der Waals surface area contributed by atoms with Crippen molar-refractivity contribution < 1.29 is 8.42 Å². The Morgan fingerprint density at radius 2 is 1.95 bits per heavy atom. The highest BCUT2D eigenvalue weighted by atomic mass is 79.9. The second-order valence-electron chi connectivity index (χ2n) is 5.56. The van der Waals surface area contributed by atoms with Crippen LogP contribution in [0.2, 0.25) is 0 Å². The summed E-state index contributed by atoms with van der Waals surface area (Å²) in [6.07, 6.45) is 1.86. The smallest absolute Gasteiger partial charge is 0.243 e. The van der Waals surface area contributed by atoms with E-state index in [1.807, 2.05) is 19.1 Å². The molecule has 1 fully saturated rings. The third-order valence-corrected chi connectivity index (χ3v) is 6.56. The van der Waals surface area contributed by atoms with Crippen LogP contribution in [0.15, 0.2) is 27.6 Å². The highest BCUT2D eigenvalue weighted by molar-refractivity contribution is 9.10. The molecular formula is C15H24BrClN2O2S. The molecule has 0 unspecified atom stereocenters. The molecule has 7 heteroatoms. The van der Waals surface area contributed by atoms with Gasteiger partial charge in [0.15, 0.2) is 0 Å². The summed E-state index contributed by atoms with van der Waals surface area (Å²) in [7, 11) is -3.38. The molecule has 126 valence electrons. The van der Waals surface area contributed by atoms with E-state index in [1.54, 1.807) is 10.4 Å². The zero-order chi connectivity index (χ0) is 15.5. The minimum atomic E-state index is -3.38. The van der Waals surface area contributed by atoms with Crippen LogP contribution in [-0.2, 0) is 10.0 Å². The van der Waals surface area contributed by atoms with Crippen LogP contribution >= 0.6 is 28.3 Å². The molecule has 0 amide bonds. The van der Waals surface area contributed by atoms with Crippen LogP contribution < -0.4 is 5.32 Å². The van der Waals surface area contributed by atoms with E-state index in [-0.39, 0.29) is 12.4 Å². The van der Waals surface area contributed by atoms with Crippen LogP contribution in [0.4, 0.5) is 0 Å². The zero-order valence-corrected chi connectivity index (χ0v) is 16.2. The largest absolute Gasteiger partial charge is 0.317 e. The number of sulfonamides is 1. The number of hydrogen-bond acceptors (Lipinski definition) is 3. The second-order valence-corrected chi connectivity index (χ2v) is 8.39. The van der Waals surface area contributed by atoms with Crippen molar-refractivity contribution in [3.05, 3.63) is 28.2 Å². The Bertz CT molecular complexity index is 587. The van der Waals surface area contributed by atoms with Gasteiger partial charge in [0, 0.05) is 17.6 Å². The first-order valence-electron chi connectivity index (χ1n) is 7.42. The Morgan fingerprint density at radius 1 is 1.32 bits per heavy atom. The van der Waals surface area contributed by atoms with Crippen LogP contribution in [0.1, 0.15) is 25.3 Å². The Morgan fingerprint density at radius 3 is 2.55 bits per heavy atom. The third kappa shape index (κ3) is 4.68. The molecule has 0 radical (unpaired) electrons. The van der Waals surface area contributed by atoms with E-state index in [2.05, 4.69) is 28.2 Å². The van der Waals surface area contributed by atoms with Crippen molar-refractivity contribution >= 4 is 38.4 Å². The van der Waals surface area contributed by atoms with Crippen molar-refractivity contribution in [2.75, 3.05) is 26.2 Å². The van der Waals surface area contributed by atoms with Gasteiger partial charge < -0.3 is 5.32 Å². The van der Waals surface area contributed by atoms with Gasteiger partial charge in [-0.1, -0.05) is 28.9 Å². The maximum atomic E-state index is 12.8. The molecule has 1 heterocycles. The normalized spacial score (nSPS) is 17.2. The highest BCUT2D eigenvalue weighted by Gasteiger charge is 2.30. The van der Waals surface area contributed by atoms with Gasteiger partial charge in [0.25, 0.3) is 0 Å². The van der Waals surface area contributed by atoms with Crippen molar-refractivity contribution in [1.82, 2.24) is 9.62 Å². The maximum Gasteiger partial charge on any atom is 0.243 e. The molecule has 0 aromatic heterocycles. The molecule has 2 rings (SSSR count). The molecule has 4 nitrogen and oxygen atoms in total. The maximum absolute atomic E-state index is 12.8. The SMILES string of the molecule is CCNCC1CCN(S(=O)(=O)c2cc(Br)ccc2C)CC1.Cl. The summed E-state index contributed by atoms with van der Waals surface area (Å²) in [5.41, 5.74) is 0.799. The minimum absolute atomic E-state index is 0. The van der Waals surface area contributed by atoms with Crippen LogP contribution in [0, 0.1) is 12.8 Å². The van der Waals surface area contributed by atoms with E-state index >= 15 is 0 Å². The molecule has 0 bridgehead atoms. The minimum Gasteiger partial charge on any atom is -0.317 e. The topological polar surface area (TPSA) is 49.4 Å². The number of nitrogens with zero attached hydrogens (tertiary/aromatic N) is 1. The Balaban J connectivity index is 0.00000242. The molecule has 1 saturated heterocycles. The Hall–Kier alpha value is -0.140. The summed E-state index contributed by atoms with van der Waals surface area (Å²) < 4.78 is 28.0. The fourth-order valence-electron chi connectivity index (χ4n) is 2.69. The van der Waals surface area contributed by atoms with Gasteiger partial charge in [0.05, 0.1) is 4.90 Å². The summed E-state index contributed by atoms with van der Waals surface area (Å²) in [4.78, 5) is 0.419. The summed E-state index contributed by atoms with van der Waals surface area (Å²) in [6.45, 7) is 7.12. The monoisotopic (exact) mass is 410 g/mol. The standard InChI is InChI=1S/C15H23BrN2O2S.ClH/c1-3-17-11-13-6-8-18(9-7-13)21(19,20)15-10-14(16)5-4-12(15)2;/h4-5,10,13,17H,3,6-9,11H2,1-2H3;1H. The lowest BCUT2D eigenvalue weighted by Gasteiger charge is -2.31. The van der Waals surface area contributed by atoms with Crippen LogP contribution in [0.5, 0.6) is 0 Å². The van der Waals surface area contributed by atoms with Crippen molar-refractivity contribution in [3.8, 4) is 0 Å². The van der Waals surface area contributed by atoms with E-state index in [4.69, 9.17) is 0 Å². The first-order valence-corrected chi connectivity index (χ1v) is 9.65. The summed E-state index contributed by atoms with van der Waals surface area (Å²) in [5.74, 6) is 0.583. The predicted molar refractivity (Wildman–Crippen MR) is 96.2 cm³/mol. The number of nitrogens with one attached hydrogen (secondary N) is 1. The molecular weight excluding hydrogens is 388 g/mol. The lowest BCUT2D eigenvalue weighted by atomic mass is 9.98. The summed E-state index contributed by atoms with van der Waals surface area (Å²) in [6, 6.07) is 5.42. The molecule has 1 aromatic carbocycles. The van der Waals surface area contributed by atoms with Crippen LogP contribution in [-0.4, -0.2) is 38.9 Å². The lowest BCUT2D eigenvalue weighted by molar-refractivity contribution is 0.268. The number of piperidine rings is 1. The van der Waals surface area contributed by atoms with E-state index in [1.165, 1.54) is 0 Å². The molecule has 22 heavy (non-hydrogen) atoms. The molecule has 0 saturated carbocycles. The molecule has 1 N–H and O–H groups in total. The lowest BCUT2D eigenvalue weighted by Crippen LogP contribution is -2.40. The number of benzene rings is 1. The molecule has 1 aliphatic heterocycles. The third-order valence-electron chi connectivity index (χ3n) is 4.02. The second kappa shape index (κ2) is 8.64. The number of halogens is 2. The number of hydrogen-bond donors (Lipinski definition) is 1. The van der Waals surface area contributed by atoms with E-state index in [9.17, 15) is 8.42 Å². The predicted octanol–water partition coefficient (Wildman–Crippen LogP) is 3.19. The molecule has 0 aliphatic carbocycles. The summed E-state index contributed by atoms with van der Waals surface area (Å²) >= 11 is 3.36. The van der Waals surface area contributed by atoms with Crippen molar-refractivity contribution in [2.24, 2.45) is 5.92 Å². The van der Waals surface area contributed by atoms with Crippen molar-refractivity contribution in [3.63, 3.8) is 0 Å². The van der Waals surface area contributed by atoms with Crippen LogP contribution in [0.3, 0.4) is 0 Å².